The van der Waals surface area contributed by atoms with Gasteiger partial charge in [0.2, 0.25) is 0 Å². The number of alkyl halides is 1. The minimum Gasteiger partial charge on any atom is -0.255 e. The molecule has 0 aliphatic heterocycles. The van der Waals surface area contributed by atoms with Crippen LogP contribution in [0.4, 0.5) is 4.39 Å². The Morgan fingerprint density at radius 3 is 1.31 bits per heavy atom. The van der Waals surface area contributed by atoms with Crippen molar-refractivity contribution in [3.8, 4) is 0 Å². The standard InChI is InChI=1S/C14H14.CH3F/c1-12(13-8-4-2-5-9-13)14-10-6-3-7-11-14;1-2/h2-12H,1H3;1H3. The molecule has 2 aromatic carbocycles. The zero-order valence-corrected chi connectivity index (χ0v) is 9.73. The third-order valence-corrected chi connectivity index (χ3v) is 2.60. The Hall–Kier alpha value is -1.63. The number of hydrogen-bond donors (Lipinski definition) is 0. The van der Waals surface area contributed by atoms with Gasteiger partial charge in [0.25, 0.3) is 0 Å². The van der Waals surface area contributed by atoms with Crippen molar-refractivity contribution in [2.24, 2.45) is 0 Å². The predicted octanol–water partition coefficient (Wildman–Crippen LogP) is 4.42. The molecule has 16 heavy (non-hydrogen) atoms. The van der Waals surface area contributed by atoms with Gasteiger partial charge in [-0.25, -0.2) is 0 Å². The van der Waals surface area contributed by atoms with Gasteiger partial charge in [0.15, 0.2) is 0 Å². The number of benzene rings is 2. The first-order valence-electron chi connectivity index (χ1n) is 5.35. The van der Waals surface area contributed by atoms with Crippen LogP contribution in [0.3, 0.4) is 0 Å². The first-order chi connectivity index (χ1) is 7.88. The number of rotatable bonds is 2. The summed E-state index contributed by atoms with van der Waals surface area (Å²) in [6.07, 6.45) is 0. The quantitative estimate of drug-likeness (QED) is 0.697. The Balaban J connectivity index is 0.000000606. The van der Waals surface area contributed by atoms with E-state index in [1.54, 1.807) is 0 Å². The van der Waals surface area contributed by atoms with Crippen LogP contribution in [0, 0.1) is 0 Å². The summed E-state index contributed by atoms with van der Waals surface area (Å²) in [5.74, 6) is 0.484. The van der Waals surface area contributed by atoms with Gasteiger partial charge in [0.1, 0.15) is 0 Å². The Morgan fingerprint density at radius 2 is 1.00 bits per heavy atom. The van der Waals surface area contributed by atoms with E-state index in [2.05, 4.69) is 67.6 Å². The van der Waals surface area contributed by atoms with Gasteiger partial charge in [0, 0.05) is 5.92 Å². The average Bonchev–Trinajstić information content (AvgIpc) is 2.42. The van der Waals surface area contributed by atoms with Crippen LogP contribution in [0.5, 0.6) is 0 Å². The highest BCUT2D eigenvalue weighted by Crippen LogP contribution is 2.22. The molecule has 1 heteroatoms. The fraction of sp³-hybridized carbons (Fsp3) is 0.200. The zero-order valence-electron chi connectivity index (χ0n) is 9.73. The molecule has 0 spiro atoms. The molecular formula is C15H17F. The van der Waals surface area contributed by atoms with E-state index in [1.807, 2.05) is 0 Å². The Labute approximate surface area is 96.8 Å². The SMILES string of the molecule is CC(c1ccccc1)c1ccccc1.CF. The van der Waals surface area contributed by atoms with Gasteiger partial charge in [0.05, 0.1) is 7.18 Å². The molecule has 0 saturated carbocycles. The lowest BCUT2D eigenvalue weighted by Gasteiger charge is -2.11. The van der Waals surface area contributed by atoms with Gasteiger partial charge >= 0.3 is 0 Å². The van der Waals surface area contributed by atoms with Crippen LogP contribution in [-0.4, -0.2) is 7.18 Å². The highest BCUT2D eigenvalue weighted by molar-refractivity contribution is 5.31. The molecule has 84 valence electrons. The summed E-state index contributed by atoms with van der Waals surface area (Å²) in [7, 11) is 0.500. The monoisotopic (exact) mass is 216 g/mol. The minimum atomic E-state index is 0.484. The van der Waals surface area contributed by atoms with Crippen molar-refractivity contribution in [3.63, 3.8) is 0 Å². The van der Waals surface area contributed by atoms with Gasteiger partial charge in [-0.05, 0) is 11.1 Å². The molecule has 0 saturated heterocycles. The van der Waals surface area contributed by atoms with Crippen molar-refractivity contribution in [2.45, 2.75) is 12.8 Å². The molecule has 2 rings (SSSR count). The summed E-state index contributed by atoms with van der Waals surface area (Å²) in [4.78, 5) is 0. The molecule has 2 aromatic rings. The fourth-order valence-electron chi connectivity index (χ4n) is 1.68. The molecule has 0 N–H and O–H groups in total. The molecule has 0 unspecified atom stereocenters. The molecule has 0 aromatic heterocycles. The summed E-state index contributed by atoms with van der Waals surface area (Å²) in [5, 5.41) is 0. The van der Waals surface area contributed by atoms with Gasteiger partial charge in [-0.2, -0.15) is 0 Å². The topological polar surface area (TPSA) is 0 Å². The summed E-state index contributed by atoms with van der Waals surface area (Å²) >= 11 is 0. The summed E-state index contributed by atoms with van der Waals surface area (Å²) < 4.78 is 9.50. The summed E-state index contributed by atoms with van der Waals surface area (Å²) in [6.45, 7) is 2.24. The summed E-state index contributed by atoms with van der Waals surface area (Å²) in [6, 6.07) is 21.2. The van der Waals surface area contributed by atoms with Crippen molar-refractivity contribution >= 4 is 0 Å². The second kappa shape index (κ2) is 6.78. The van der Waals surface area contributed by atoms with E-state index in [9.17, 15) is 4.39 Å². The van der Waals surface area contributed by atoms with Crippen LogP contribution < -0.4 is 0 Å². The first-order valence-corrected chi connectivity index (χ1v) is 5.35. The molecule has 0 bridgehead atoms. The Kier molecular flexibility index (Phi) is 5.27. The predicted molar refractivity (Wildman–Crippen MR) is 67.4 cm³/mol. The number of hydrogen-bond acceptors (Lipinski definition) is 0. The van der Waals surface area contributed by atoms with E-state index in [0.717, 1.165) is 0 Å². The molecule has 0 radical (unpaired) electrons. The molecule has 0 fully saturated rings. The molecule has 0 aliphatic rings. The van der Waals surface area contributed by atoms with Crippen LogP contribution in [0.1, 0.15) is 24.0 Å². The van der Waals surface area contributed by atoms with E-state index < -0.39 is 0 Å². The van der Waals surface area contributed by atoms with Crippen LogP contribution in [-0.2, 0) is 0 Å². The number of halogens is 1. The third-order valence-electron chi connectivity index (χ3n) is 2.60. The van der Waals surface area contributed by atoms with Crippen molar-refractivity contribution in [2.75, 3.05) is 7.18 Å². The second-order valence-electron chi connectivity index (χ2n) is 3.54. The fourth-order valence-corrected chi connectivity index (χ4v) is 1.68. The third kappa shape index (κ3) is 3.20. The molecular weight excluding hydrogens is 199 g/mol. The molecule has 0 heterocycles. The average molecular weight is 216 g/mol. The van der Waals surface area contributed by atoms with Gasteiger partial charge in [-0.1, -0.05) is 67.6 Å². The highest BCUT2D eigenvalue weighted by atomic mass is 19.1. The van der Waals surface area contributed by atoms with E-state index in [0.29, 0.717) is 13.1 Å². The lowest BCUT2D eigenvalue weighted by molar-refractivity contribution is 0.636. The van der Waals surface area contributed by atoms with Crippen LogP contribution in [0.15, 0.2) is 60.7 Å². The van der Waals surface area contributed by atoms with Crippen molar-refractivity contribution in [3.05, 3.63) is 71.8 Å². The van der Waals surface area contributed by atoms with E-state index >= 15 is 0 Å². The van der Waals surface area contributed by atoms with E-state index in [1.165, 1.54) is 11.1 Å². The van der Waals surface area contributed by atoms with E-state index in [4.69, 9.17) is 0 Å². The normalized spacial score (nSPS) is 9.50. The zero-order chi connectivity index (χ0) is 11.8. The van der Waals surface area contributed by atoms with Crippen molar-refractivity contribution < 1.29 is 4.39 Å². The van der Waals surface area contributed by atoms with Crippen LogP contribution in [0.2, 0.25) is 0 Å². The lowest BCUT2D eigenvalue weighted by atomic mass is 9.93. The maximum Gasteiger partial charge on any atom is 0.0785 e. The van der Waals surface area contributed by atoms with Gasteiger partial charge in [-0.3, -0.25) is 4.39 Å². The van der Waals surface area contributed by atoms with Crippen molar-refractivity contribution in [1.29, 1.82) is 0 Å². The molecule has 0 aliphatic carbocycles. The van der Waals surface area contributed by atoms with Gasteiger partial charge in [-0.15, -0.1) is 0 Å². The van der Waals surface area contributed by atoms with Crippen molar-refractivity contribution in [1.82, 2.24) is 0 Å². The molecule has 0 nitrogen and oxygen atoms in total. The highest BCUT2D eigenvalue weighted by Gasteiger charge is 2.05. The van der Waals surface area contributed by atoms with E-state index in [-0.39, 0.29) is 0 Å². The second-order valence-corrected chi connectivity index (χ2v) is 3.54. The minimum absolute atomic E-state index is 0.484. The Bertz CT molecular complexity index is 341. The Morgan fingerprint density at radius 1 is 0.688 bits per heavy atom. The smallest absolute Gasteiger partial charge is 0.0785 e. The summed E-state index contributed by atoms with van der Waals surface area (Å²) in [5.41, 5.74) is 2.75. The molecule has 0 atom stereocenters. The molecule has 0 amide bonds. The van der Waals surface area contributed by atoms with Crippen LogP contribution in [0.25, 0.3) is 0 Å². The van der Waals surface area contributed by atoms with Gasteiger partial charge < -0.3 is 0 Å². The van der Waals surface area contributed by atoms with Crippen LogP contribution >= 0.6 is 0 Å². The maximum absolute atomic E-state index is 9.50. The lowest BCUT2D eigenvalue weighted by Crippen LogP contribution is -1.94. The maximum atomic E-state index is 9.50. The first kappa shape index (κ1) is 12.4. The largest absolute Gasteiger partial charge is 0.255 e.